The van der Waals surface area contributed by atoms with Crippen molar-refractivity contribution in [2.24, 2.45) is 0 Å². The predicted molar refractivity (Wildman–Crippen MR) is 103 cm³/mol. The Morgan fingerprint density at radius 1 is 1.11 bits per heavy atom. The van der Waals surface area contributed by atoms with Crippen molar-refractivity contribution in [1.29, 1.82) is 0 Å². The Hall–Kier alpha value is -2.90. The first-order valence-corrected chi connectivity index (χ1v) is 9.51. The van der Waals surface area contributed by atoms with Crippen molar-refractivity contribution in [2.45, 2.75) is 58.1 Å². The van der Waals surface area contributed by atoms with Crippen molar-refractivity contribution in [3.05, 3.63) is 35.4 Å². The molecule has 1 atom stereocenters. The fourth-order valence-corrected chi connectivity index (χ4v) is 3.05. The number of nitrogens with one attached hydrogen (secondary N) is 3. The number of hydrogen-bond acceptors (Lipinski definition) is 5. The van der Waals surface area contributed by atoms with Gasteiger partial charge in [-0.15, -0.1) is 0 Å². The lowest BCUT2D eigenvalue weighted by Crippen LogP contribution is -2.48. The molecule has 28 heavy (non-hydrogen) atoms. The molecule has 1 unspecified atom stereocenters. The molecule has 0 radical (unpaired) electrons. The molecule has 3 N–H and O–H groups in total. The lowest BCUT2D eigenvalue weighted by atomic mass is 9.96. The Kier molecular flexibility index (Phi) is 7.98. The van der Waals surface area contributed by atoms with Gasteiger partial charge in [-0.25, -0.2) is 4.79 Å². The molecule has 2 rings (SSSR count). The normalized spacial score (nSPS) is 15.2. The van der Waals surface area contributed by atoms with Crippen LogP contribution in [0.4, 0.5) is 4.79 Å². The summed E-state index contributed by atoms with van der Waals surface area (Å²) in [6, 6.07) is 6.45. The molecular weight excluding hydrogens is 362 g/mol. The van der Waals surface area contributed by atoms with E-state index in [-0.39, 0.29) is 12.6 Å². The van der Waals surface area contributed by atoms with Gasteiger partial charge in [0.05, 0.1) is 0 Å². The van der Waals surface area contributed by atoms with Gasteiger partial charge in [-0.2, -0.15) is 0 Å². The monoisotopic (exact) mass is 389 g/mol. The van der Waals surface area contributed by atoms with Gasteiger partial charge in [-0.3, -0.25) is 19.7 Å². The van der Waals surface area contributed by atoms with Crippen LogP contribution in [-0.2, 0) is 14.3 Å². The number of rotatable bonds is 6. The summed E-state index contributed by atoms with van der Waals surface area (Å²) in [6.45, 7) is 2.78. The summed E-state index contributed by atoms with van der Waals surface area (Å²) >= 11 is 0. The topological polar surface area (TPSA) is 114 Å². The van der Waals surface area contributed by atoms with Crippen LogP contribution in [0.3, 0.4) is 0 Å². The summed E-state index contributed by atoms with van der Waals surface area (Å²) in [4.78, 5) is 47.8. The molecule has 0 aliphatic heterocycles. The third-order valence-corrected chi connectivity index (χ3v) is 4.64. The number of hydrogen-bond donors (Lipinski definition) is 3. The number of carbonyl (C=O) groups excluding carboxylic acids is 4. The van der Waals surface area contributed by atoms with Gasteiger partial charge in [0.25, 0.3) is 11.8 Å². The van der Waals surface area contributed by atoms with Crippen molar-refractivity contribution < 1.29 is 23.9 Å². The van der Waals surface area contributed by atoms with Gasteiger partial charge in [0.2, 0.25) is 0 Å². The largest absolute Gasteiger partial charge is 0.451 e. The average Bonchev–Trinajstić information content (AvgIpc) is 2.67. The summed E-state index contributed by atoms with van der Waals surface area (Å²) in [5, 5.41) is 7.38. The molecule has 4 amide bonds. The summed E-state index contributed by atoms with van der Waals surface area (Å²) in [6.07, 6.45) is 3.91. The van der Waals surface area contributed by atoms with Gasteiger partial charge in [0, 0.05) is 11.6 Å². The van der Waals surface area contributed by atoms with Crippen LogP contribution in [0.1, 0.15) is 54.9 Å². The fourth-order valence-electron chi connectivity index (χ4n) is 3.05. The Balaban J connectivity index is 1.71. The highest BCUT2D eigenvalue weighted by Crippen LogP contribution is 2.17. The number of ether oxygens (including phenoxy) is 1. The van der Waals surface area contributed by atoms with Crippen LogP contribution in [0.2, 0.25) is 0 Å². The maximum absolute atomic E-state index is 12.1. The van der Waals surface area contributed by atoms with E-state index in [1.165, 1.54) is 6.92 Å². The Morgan fingerprint density at radius 3 is 2.46 bits per heavy atom. The summed E-state index contributed by atoms with van der Waals surface area (Å²) in [7, 11) is 0. The molecular formula is C20H27N3O5. The molecule has 1 saturated carbocycles. The van der Waals surface area contributed by atoms with E-state index in [9.17, 15) is 19.2 Å². The zero-order valence-corrected chi connectivity index (χ0v) is 16.2. The van der Waals surface area contributed by atoms with Crippen molar-refractivity contribution in [3.63, 3.8) is 0 Å². The molecule has 0 heterocycles. The van der Waals surface area contributed by atoms with Crippen molar-refractivity contribution >= 4 is 23.8 Å². The number of urea groups is 1. The van der Waals surface area contributed by atoms with Crippen LogP contribution < -0.4 is 16.0 Å². The van der Waals surface area contributed by atoms with E-state index < -0.39 is 29.9 Å². The SMILES string of the molecule is Cc1ccccc1C(=O)NCC(=O)OC(C)C(=O)NC(=O)NC1CCCCC1. The van der Waals surface area contributed by atoms with Crippen LogP contribution >= 0.6 is 0 Å². The second-order valence-electron chi connectivity index (χ2n) is 6.93. The molecule has 0 bridgehead atoms. The number of amides is 4. The molecule has 8 heteroatoms. The number of carbonyl (C=O) groups is 4. The molecule has 1 aromatic rings. The quantitative estimate of drug-likeness (QED) is 0.642. The molecule has 0 saturated heterocycles. The van der Waals surface area contributed by atoms with E-state index in [0.717, 1.165) is 37.7 Å². The first-order valence-electron chi connectivity index (χ1n) is 9.51. The Bertz CT molecular complexity index is 728. The van der Waals surface area contributed by atoms with Gasteiger partial charge >= 0.3 is 12.0 Å². The zero-order chi connectivity index (χ0) is 20.5. The highest BCUT2D eigenvalue weighted by molar-refractivity contribution is 5.98. The van der Waals surface area contributed by atoms with E-state index in [0.29, 0.717) is 5.56 Å². The van der Waals surface area contributed by atoms with E-state index in [2.05, 4.69) is 16.0 Å². The van der Waals surface area contributed by atoms with Crippen molar-refractivity contribution in [2.75, 3.05) is 6.54 Å². The van der Waals surface area contributed by atoms with Crippen LogP contribution in [0.5, 0.6) is 0 Å². The molecule has 0 spiro atoms. The van der Waals surface area contributed by atoms with Crippen molar-refractivity contribution in [1.82, 2.24) is 16.0 Å². The molecule has 152 valence electrons. The highest BCUT2D eigenvalue weighted by Gasteiger charge is 2.22. The minimum absolute atomic E-state index is 0.0658. The van der Waals surface area contributed by atoms with Crippen LogP contribution in [0.15, 0.2) is 24.3 Å². The lowest BCUT2D eigenvalue weighted by Gasteiger charge is -2.23. The van der Waals surface area contributed by atoms with Gasteiger partial charge in [0.1, 0.15) is 6.54 Å². The fraction of sp³-hybridized carbons (Fsp3) is 0.500. The molecule has 8 nitrogen and oxygen atoms in total. The predicted octanol–water partition coefficient (Wildman–Crippen LogP) is 1.82. The minimum atomic E-state index is -1.15. The van der Waals surface area contributed by atoms with Crippen LogP contribution in [0, 0.1) is 6.92 Å². The summed E-state index contributed by atoms with van der Waals surface area (Å²) < 4.78 is 4.97. The summed E-state index contributed by atoms with van der Waals surface area (Å²) in [5.74, 6) is -1.89. The Labute approximate surface area is 164 Å². The maximum atomic E-state index is 12.1. The molecule has 1 aliphatic rings. The van der Waals surface area contributed by atoms with E-state index in [1.54, 1.807) is 25.1 Å². The second kappa shape index (κ2) is 10.4. The first kappa shape index (κ1) is 21.4. The standard InChI is InChI=1S/C20H27N3O5/c1-13-8-6-7-11-16(13)19(26)21-12-17(24)28-14(2)18(25)23-20(27)22-15-9-4-3-5-10-15/h6-8,11,14-15H,3-5,9-10,12H2,1-2H3,(H,21,26)(H2,22,23,25,27). The second-order valence-corrected chi connectivity index (χ2v) is 6.93. The molecule has 1 fully saturated rings. The van der Waals surface area contributed by atoms with E-state index in [1.807, 2.05) is 6.07 Å². The number of imide groups is 1. The lowest BCUT2D eigenvalue weighted by molar-refractivity contribution is -0.153. The van der Waals surface area contributed by atoms with E-state index in [4.69, 9.17) is 4.74 Å². The third-order valence-electron chi connectivity index (χ3n) is 4.64. The third kappa shape index (κ3) is 6.68. The highest BCUT2D eigenvalue weighted by atomic mass is 16.5. The number of benzene rings is 1. The maximum Gasteiger partial charge on any atom is 0.326 e. The molecule has 0 aromatic heterocycles. The molecule has 1 aromatic carbocycles. The average molecular weight is 389 g/mol. The number of esters is 1. The number of aryl methyl sites for hydroxylation is 1. The van der Waals surface area contributed by atoms with Crippen LogP contribution in [0.25, 0.3) is 0 Å². The Morgan fingerprint density at radius 2 is 1.79 bits per heavy atom. The first-order chi connectivity index (χ1) is 13.4. The van der Waals surface area contributed by atoms with Gasteiger partial charge in [-0.1, -0.05) is 37.5 Å². The molecule has 1 aliphatic carbocycles. The van der Waals surface area contributed by atoms with E-state index >= 15 is 0 Å². The van der Waals surface area contributed by atoms with Gasteiger partial charge in [-0.05, 0) is 38.3 Å². The van der Waals surface area contributed by atoms with Gasteiger partial charge < -0.3 is 15.4 Å². The summed E-state index contributed by atoms with van der Waals surface area (Å²) in [5.41, 5.74) is 1.24. The minimum Gasteiger partial charge on any atom is -0.451 e. The zero-order valence-electron chi connectivity index (χ0n) is 16.2. The van der Waals surface area contributed by atoms with Crippen molar-refractivity contribution in [3.8, 4) is 0 Å². The van der Waals surface area contributed by atoms with Crippen LogP contribution in [-0.4, -0.2) is 42.5 Å². The van der Waals surface area contributed by atoms with Gasteiger partial charge in [0.15, 0.2) is 6.10 Å². The smallest absolute Gasteiger partial charge is 0.326 e.